The number of aromatic nitrogens is 2. The van der Waals surface area contributed by atoms with E-state index in [0.717, 1.165) is 12.2 Å². The van der Waals surface area contributed by atoms with Crippen LogP contribution in [0.1, 0.15) is 6.92 Å². The standard InChI is InChI=1S/C14H20N6O/c1-4-6-16-14(15-5-2)19-7-8-20(13(21)11-19)12-9-17-18(3)10-12/h1,9-10H,5-8,11H2,2-3H3,(H,15,16). The van der Waals surface area contributed by atoms with Gasteiger partial charge in [-0.05, 0) is 6.92 Å². The molecule has 1 aliphatic heterocycles. The van der Waals surface area contributed by atoms with Crippen LogP contribution in [0.25, 0.3) is 0 Å². The molecule has 1 aromatic rings. The number of hydrogen-bond acceptors (Lipinski definition) is 3. The van der Waals surface area contributed by atoms with Gasteiger partial charge in [-0.25, -0.2) is 4.99 Å². The van der Waals surface area contributed by atoms with Gasteiger partial charge in [-0.2, -0.15) is 5.10 Å². The fraction of sp³-hybridized carbons (Fsp3) is 0.500. The number of piperazine rings is 1. The number of rotatable bonds is 3. The number of nitrogens with one attached hydrogen (secondary N) is 1. The number of terminal acetylenes is 1. The molecule has 7 nitrogen and oxygen atoms in total. The van der Waals surface area contributed by atoms with Crippen LogP contribution in [-0.2, 0) is 11.8 Å². The van der Waals surface area contributed by atoms with Crippen molar-refractivity contribution in [1.29, 1.82) is 0 Å². The van der Waals surface area contributed by atoms with Crippen molar-refractivity contribution in [3.05, 3.63) is 12.4 Å². The summed E-state index contributed by atoms with van der Waals surface area (Å²) >= 11 is 0. The zero-order valence-electron chi connectivity index (χ0n) is 12.4. The average Bonchev–Trinajstić information content (AvgIpc) is 2.89. The Morgan fingerprint density at radius 1 is 1.57 bits per heavy atom. The van der Waals surface area contributed by atoms with Gasteiger partial charge < -0.3 is 15.1 Å². The number of carbonyl (C=O) groups is 1. The minimum Gasteiger partial charge on any atom is -0.356 e. The molecule has 0 atom stereocenters. The van der Waals surface area contributed by atoms with Gasteiger partial charge in [0.2, 0.25) is 5.91 Å². The summed E-state index contributed by atoms with van der Waals surface area (Å²) in [7, 11) is 1.83. The van der Waals surface area contributed by atoms with Crippen LogP contribution in [0.5, 0.6) is 0 Å². The van der Waals surface area contributed by atoms with Crippen molar-refractivity contribution in [2.45, 2.75) is 6.92 Å². The van der Waals surface area contributed by atoms with E-state index in [0.29, 0.717) is 25.6 Å². The maximum absolute atomic E-state index is 12.3. The molecular formula is C14H20N6O. The van der Waals surface area contributed by atoms with E-state index in [2.05, 4.69) is 21.3 Å². The molecule has 0 aliphatic carbocycles. The summed E-state index contributed by atoms with van der Waals surface area (Å²) in [4.78, 5) is 20.3. The van der Waals surface area contributed by atoms with Crippen LogP contribution in [-0.4, -0.2) is 59.3 Å². The molecule has 112 valence electrons. The largest absolute Gasteiger partial charge is 0.356 e. The number of nitrogens with zero attached hydrogens (tertiary/aromatic N) is 5. The Kier molecular flexibility index (Phi) is 4.82. The summed E-state index contributed by atoms with van der Waals surface area (Å²) in [6.45, 7) is 4.62. The van der Waals surface area contributed by atoms with Crippen LogP contribution in [0.4, 0.5) is 5.69 Å². The van der Waals surface area contributed by atoms with E-state index >= 15 is 0 Å². The number of hydrogen-bond donors (Lipinski definition) is 1. The van der Waals surface area contributed by atoms with Crippen LogP contribution < -0.4 is 10.2 Å². The van der Waals surface area contributed by atoms with Crippen molar-refractivity contribution in [2.24, 2.45) is 12.0 Å². The first-order chi connectivity index (χ1) is 10.2. The molecule has 2 heterocycles. The Bertz CT molecular complexity index is 570. The number of guanidine groups is 1. The van der Waals surface area contributed by atoms with E-state index in [9.17, 15) is 4.79 Å². The highest BCUT2D eigenvalue weighted by Crippen LogP contribution is 2.15. The maximum atomic E-state index is 12.3. The molecule has 0 bridgehead atoms. The quantitative estimate of drug-likeness (QED) is 0.470. The molecule has 2 rings (SSSR count). The van der Waals surface area contributed by atoms with E-state index in [4.69, 9.17) is 6.42 Å². The molecule has 1 fully saturated rings. The van der Waals surface area contributed by atoms with E-state index in [1.165, 1.54) is 0 Å². The molecule has 0 aromatic carbocycles. The lowest BCUT2D eigenvalue weighted by atomic mass is 10.3. The van der Waals surface area contributed by atoms with Crippen molar-refractivity contribution < 1.29 is 4.79 Å². The zero-order chi connectivity index (χ0) is 15.2. The lowest BCUT2D eigenvalue weighted by Gasteiger charge is -2.35. The Labute approximate surface area is 124 Å². The maximum Gasteiger partial charge on any atom is 0.246 e. The van der Waals surface area contributed by atoms with Crippen molar-refractivity contribution in [3.8, 4) is 12.3 Å². The Hall–Kier alpha value is -2.49. The van der Waals surface area contributed by atoms with Crippen molar-refractivity contribution >= 4 is 17.6 Å². The number of aliphatic imine (C=N–C) groups is 1. The van der Waals surface area contributed by atoms with Gasteiger partial charge in [-0.15, -0.1) is 6.42 Å². The Balaban J connectivity index is 2.05. The van der Waals surface area contributed by atoms with E-state index < -0.39 is 0 Å². The summed E-state index contributed by atoms with van der Waals surface area (Å²) in [5.74, 6) is 3.20. The molecule has 7 heteroatoms. The molecule has 0 unspecified atom stereocenters. The molecule has 1 saturated heterocycles. The average molecular weight is 288 g/mol. The monoisotopic (exact) mass is 288 g/mol. The number of amides is 1. The van der Waals surface area contributed by atoms with Crippen LogP contribution in [0.3, 0.4) is 0 Å². The highest BCUT2D eigenvalue weighted by atomic mass is 16.2. The molecule has 0 radical (unpaired) electrons. The van der Waals surface area contributed by atoms with Crippen LogP contribution in [0.2, 0.25) is 0 Å². The third kappa shape index (κ3) is 3.54. The molecule has 0 spiro atoms. The fourth-order valence-corrected chi connectivity index (χ4v) is 2.22. The topological polar surface area (TPSA) is 65.8 Å². The zero-order valence-corrected chi connectivity index (χ0v) is 12.4. The Morgan fingerprint density at radius 3 is 2.95 bits per heavy atom. The van der Waals surface area contributed by atoms with Crippen molar-refractivity contribution in [3.63, 3.8) is 0 Å². The second kappa shape index (κ2) is 6.79. The fourth-order valence-electron chi connectivity index (χ4n) is 2.22. The first-order valence-corrected chi connectivity index (χ1v) is 6.91. The second-order valence-corrected chi connectivity index (χ2v) is 4.71. The van der Waals surface area contributed by atoms with Gasteiger partial charge in [0, 0.05) is 32.9 Å². The molecular weight excluding hydrogens is 268 g/mol. The van der Waals surface area contributed by atoms with Crippen molar-refractivity contribution in [1.82, 2.24) is 20.0 Å². The predicted molar refractivity (Wildman–Crippen MR) is 81.9 cm³/mol. The number of carbonyl (C=O) groups excluding carboxylic acids is 1. The first kappa shape index (κ1) is 14.9. The SMILES string of the molecule is C#CCN=C(NCC)N1CCN(c2cnn(C)c2)C(=O)C1. The summed E-state index contributed by atoms with van der Waals surface area (Å²) < 4.78 is 1.69. The molecule has 1 N–H and O–H groups in total. The van der Waals surface area contributed by atoms with Crippen molar-refractivity contribution in [2.75, 3.05) is 37.6 Å². The number of aryl methyl sites for hydroxylation is 1. The van der Waals surface area contributed by atoms with Crippen LogP contribution in [0, 0.1) is 12.3 Å². The normalized spacial score (nSPS) is 16.0. The number of anilines is 1. The summed E-state index contributed by atoms with van der Waals surface area (Å²) in [6, 6.07) is 0. The first-order valence-electron chi connectivity index (χ1n) is 6.91. The summed E-state index contributed by atoms with van der Waals surface area (Å²) in [5.41, 5.74) is 0.827. The molecule has 1 aromatic heterocycles. The lowest BCUT2D eigenvalue weighted by Crippen LogP contribution is -2.55. The van der Waals surface area contributed by atoms with Gasteiger partial charge in [0.05, 0.1) is 11.9 Å². The minimum atomic E-state index is 0.0283. The van der Waals surface area contributed by atoms with Gasteiger partial charge in [0.1, 0.15) is 13.1 Å². The lowest BCUT2D eigenvalue weighted by molar-refractivity contribution is -0.120. The highest BCUT2D eigenvalue weighted by Gasteiger charge is 2.27. The summed E-state index contributed by atoms with van der Waals surface area (Å²) in [6.07, 6.45) is 8.78. The minimum absolute atomic E-state index is 0.0283. The molecule has 0 saturated carbocycles. The molecule has 1 amide bonds. The summed E-state index contributed by atoms with van der Waals surface area (Å²) in [5, 5.41) is 7.26. The van der Waals surface area contributed by atoms with E-state index in [-0.39, 0.29) is 12.5 Å². The molecule has 1 aliphatic rings. The third-order valence-electron chi connectivity index (χ3n) is 3.18. The van der Waals surface area contributed by atoms with Gasteiger partial charge in [-0.1, -0.05) is 5.92 Å². The predicted octanol–water partition coefficient (Wildman–Crippen LogP) is -0.333. The van der Waals surface area contributed by atoms with E-state index in [1.54, 1.807) is 15.8 Å². The third-order valence-corrected chi connectivity index (χ3v) is 3.18. The smallest absolute Gasteiger partial charge is 0.246 e. The highest BCUT2D eigenvalue weighted by molar-refractivity contribution is 5.98. The van der Waals surface area contributed by atoms with E-state index in [1.807, 2.05) is 25.1 Å². The molecule has 21 heavy (non-hydrogen) atoms. The van der Waals surface area contributed by atoms with Crippen LogP contribution in [0.15, 0.2) is 17.4 Å². The second-order valence-electron chi connectivity index (χ2n) is 4.71. The van der Waals surface area contributed by atoms with Gasteiger partial charge in [0.25, 0.3) is 0 Å². The Morgan fingerprint density at radius 2 is 2.38 bits per heavy atom. The van der Waals surface area contributed by atoms with Crippen LogP contribution >= 0.6 is 0 Å². The van der Waals surface area contributed by atoms with Gasteiger partial charge in [-0.3, -0.25) is 9.48 Å². The van der Waals surface area contributed by atoms with Gasteiger partial charge in [0.15, 0.2) is 5.96 Å². The van der Waals surface area contributed by atoms with Gasteiger partial charge >= 0.3 is 0 Å².